The zero-order valence-electron chi connectivity index (χ0n) is 16.7. The van der Waals surface area contributed by atoms with Crippen molar-refractivity contribution in [3.05, 3.63) is 29.8 Å². The number of aliphatic imine (C=N–C) groups is 1. The minimum absolute atomic E-state index is 0. The van der Waals surface area contributed by atoms with Crippen molar-refractivity contribution in [2.75, 3.05) is 13.2 Å². The zero-order chi connectivity index (χ0) is 18.9. The highest BCUT2D eigenvalue weighted by Crippen LogP contribution is 2.18. The summed E-state index contributed by atoms with van der Waals surface area (Å²) in [4.78, 5) is 16.4. The lowest BCUT2D eigenvalue weighted by Gasteiger charge is -2.20. The first-order chi connectivity index (χ1) is 12.5. The molecule has 0 heterocycles. The predicted octanol–water partition coefficient (Wildman–Crippen LogP) is 3.06. The minimum atomic E-state index is -0.0581. The standard InChI is InChI=1S/C20H32N4O2.HI/c1-5-21-20(23-15(4)14(2)3)22-12-16-7-6-8-18(11-16)26-13-19(25)24-17-9-10-17;/h6-8,11,14-15,17H,5,9-10,12-13H2,1-4H3,(H,24,25)(H2,21,22,23);1H. The molecule has 1 aromatic rings. The fraction of sp³-hybridized carbons (Fsp3) is 0.600. The Balaban J connectivity index is 0.00000364. The van der Waals surface area contributed by atoms with Gasteiger partial charge in [0.2, 0.25) is 0 Å². The third kappa shape index (κ3) is 9.30. The van der Waals surface area contributed by atoms with Gasteiger partial charge in [-0.3, -0.25) is 4.79 Å². The third-order valence-electron chi connectivity index (χ3n) is 4.34. The van der Waals surface area contributed by atoms with Crippen LogP contribution in [0.2, 0.25) is 0 Å². The molecule has 0 saturated heterocycles. The fourth-order valence-electron chi connectivity index (χ4n) is 2.25. The molecular weight excluding hydrogens is 455 g/mol. The lowest BCUT2D eigenvalue weighted by molar-refractivity contribution is -0.123. The topological polar surface area (TPSA) is 74.8 Å². The Morgan fingerprint density at radius 3 is 2.67 bits per heavy atom. The number of guanidine groups is 1. The second-order valence-electron chi connectivity index (χ2n) is 7.15. The molecule has 1 aromatic carbocycles. The van der Waals surface area contributed by atoms with Crippen LogP contribution in [0.1, 0.15) is 46.1 Å². The highest BCUT2D eigenvalue weighted by atomic mass is 127. The van der Waals surface area contributed by atoms with Gasteiger partial charge in [0, 0.05) is 18.6 Å². The Kier molecular flexibility index (Phi) is 10.5. The molecule has 0 aromatic heterocycles. The number of nitrogens with zero attached hydrogens (tertiary/aromatic N) is 1. The molecule has 1 amide bonds. The number of hydrogen-bond donors (Lipinski definition) is 3. The van der Waals surface area contributed by atoms with Crippen molar-refractivity contribution in [2.24, 2.45) is 10.9 Å². The first-order valence-corrected chi connectivity index (χ1v) is 9.54. The van der Waals surface area contributed by atoms with Crippen molar-refractivity contribution >= 4 is 35.8 Å². The Labute approximate surface area is 179 Å². The zero-order valence-corrected chi connectivity index (χ0v) is 19.1. The number of nitrogens with one attached hydrogen (secondary N) is 3. The average molecular weight is 488 g/mol. The van der Waals surface area contributed by atoms with Crippen molar-refractivity contribution in [2.45, 2.75) is 59.2 Å². The summed E-state index contributed by atoms with van der Waals surface area (Å²) in [6.07, 6.45) is 2.16. The Morgan fingerprint density at radius 2 is 2.04 bits per heavy atom. The van der Waals surface area contributed by atoms with Crippen LogP contribution in [-0.2, 0) is 11.3 Å². The molecule has 1 atom stereocenters. The normalized spacial score (nSPS) is 14.9. The van der Waals surface area contributed by atoms with Gasteiger partial charge >= 0.3 is 0 Å². The smallest absolute Gasteiger partial charge is 0.258 e. The molecule has 0 bridgehead atoms. The van der Waals surface area contributed by atoms with E-state index in [0.29, 0.717) is 30.3 Å². The Morgan fingerprint density at radius 1 is 1.30 bits per heavy atom. The number of hydrogen-bond acceptors (Lipinski definition) is 3. The van der Waals surface area contributed by atoms with Crippen LogP contribution in [0.4, 0.5) is 0 Å². The molecule has 3 N–H and O–H groups in total. The quantitative estimate of drug-likeness (QED) is 0.284. The highest BCUT2D eigenvalue weighted by Gasteiger charge is 2.23. The Hall–Kier alpha value is -1.51. The van der Waals surface area contributed by atoms with E-state index in [2.05, 4.69) is 48.6 Å². The van der Waals surface area contributed by atoms with Gasteiger partial charge in [0.25, 0.3) is 5.91 Å². The molecule has 1 saturated carbocycles. The van der Waals surface area contributed by atoms with Gasteiger partial charge in [-0.05, 0) is 50.3 Å². The molecule has 27 heavy (non-hydrogen) atoms. The van der Waals surface area contributed by atoms with E-state index in [9.17, 15) is 4.79 Å². The molecule has 152 valence electrons. The molecule has 1 fully saturated rings. The van der Waals surface area contributed by atoms with Gasteiger partial charge in [-0.15, -0.1) is 24.0 Å². The number of ether oxygens (including phenoxy) is 1. The second kappa shape index (κ2) is 12.0. The van der Waals surface area contributed by atoms with Crippen molar-refractivity contribution in [1.82, 2.24) is 16.0 Å². The molecule has 1 aliphatic rings. The van der Waals surface area contributed by atoms with E-state index in [4.69, 9.17) is 4.74 Å². The molecular formula is C20H33IN4O2. The van der Waals surface area contributed by atoms with E-state index in [0.717, 1.165) is 30.9 Å². The van der Waals surface area contributed by atoms with Gasteiger partial charge in [-0.2, -0.15) is 0 Å². The molecule has 6 nitrogen and oxygen atoms in total. The summed E-state index contributed by atoms with van der Waals surface area (Å²) in [5.74, 6) is 1.97. The van der Waals surface area contributed by atoms with Gasteiger partial charge in [0.05, 0.1) is 6.54 Å². The van der Waals surface area contributed by atoms with Crippen LogP contribution in [0.25, 0.3) is 0 Å². The maximum atomic E-state index is 11.7. The van der Waals surface area contributed by atoms with Gasteiger partial charge in [0.1, 0.15) is 5.75 Å². The first kappa shape index (κ1) is 23.5. The van der Waals surface area contributed by atoms with Crippen molar-refractivity contribution < 1.29 is 9.53 Å². The van der Waals surface area contributed by atoms with Crippen molar-refractivity contribution in [3.63, 3.8) is 0 Å². The van der Waals surface area contributed by atoms with Gasteiger partial charge < -0.3 is 20.7 Å². The van der Waals surface area contributed by atoms with Crippen molar-refractivity contribution in [3.8, 4) is 5.75 Å². The van der Waals surface area contributed by atoms with Gasteiger partial charge in [-0.25, -0.2) is 4.99 Å². The van der Waals surface area contributed by atoms with Crippen LogP contribution in [-0.4, -0.2) is 37.1 Å². The van der Waals surface area contributed by atoms with Crippen LogP contribution >= 0.6 is 24.0 Å². The van der Waals surface area contributed by atoms with Crippen molar-refractivity contribution in [1.29, 1.82) is 0 Å². The van der Waals surface area contributed by atoms with E-state index < -0.39 is 0 Å². The number of benzene rings is 1. The van der Waals surface area contributed by atoms with E-state index in [1.165, 1.54) is 0 Å². The Bertz CT molecular complexity index is 618. The number of rotatable bonds is 9. The maximum Gasteiger partial charge on any atom is 0.258 e. The number of carbonyl (C=O) groups excluding carboxylic acids is 1. The molecule has 7 heteroatoms. The average Bonchev–Trinajstić information content (AvgIpc) is 3.42. The van der Waals surface area contributed by atoms with Crippen LogP contribution in [0, 0.1) is 5.92 Å². The fourth-order valence-corrected chi connectivity index (χ4v) is 2.25. The SMILES string of the molecule is CCNC(=NCc1cccc(OCC(=O)NC2CC2)c1)NC(C)C(C)C.I. The molecule has 0 spiro atoms. The second-order valence-corrected chi connectivity index (χ2v) is 7.15. The highest BCUT2D eigenvalue weighted by molar-refractivity contribution is 14.0. The number of amides is 1. The summed E-state index contributed by atoms with van der Waals surface area (Å²) in [7, 11) is 0. The summed E-state index contributed by atoms with van der Waals surface area (Å²) in [5, 5.41) is 9.61. The van der Waals surface area contributed by atoms with Crippen LogP contribution in [0.3, 0.4) is 0 Å². The van der Waals surface area contributed by atoms with E-state index in [1.807, 2.05) is 24.3 Å². The van der Waals surface area contributed by atoms with E-state index >= 15 is 0 Å². The van der Waals surface area contributed by atoms with E-state index in [-0.39, 0.29) is 36.5 Å². The lowest BCUT2D eigenvalue weighted by Crippen LogP contribution is -2.44. The molecule has 0 radical (unpaired) electrons. The predicted molar refractivity (Wildman–Crippen MR) is 121 cm³/mol. The van der Waals surface area contributed by atoms with Crippen LogP contribution in [0.15, 0.2) is 29.3 Å². The summed E-state index contributed by atoms with van der Waals surface area (Å²) in [6.45, 7) is 9.99. The maximum absolute atomic E-state index is 11.7. The third-order valence-corrected chi connectivity index (χ3v) is 4.34. The molecule has 1 unspecified atom stereocenters. The minimum Gasteiger partial charge on any atom is -0.484 e. The monoisotopic (exact) mass is 488 g/mol. The van der Waals surface area contributed by atoms with E-state index in [1.54, 1.807) is 0 Å². The first-order valence-electron chi connectivity index (χ1n) is 9.54. The van der Waals surface area contributed by atoms with Crippen LogP contribution in [0.5, 0.6) is 5.75 Å². The largest absolute Gasteiger partial charge is 0.484 e. The molecule has 2 rings (SSSR count). The molecule has 1 aliphatic carbocycles. The van der Waals surface area contributed by atoms with Gasteiger partial charge in [-0.1, -0.05) is 26.0 Å². The lowest BCUT2D eigenvalue weighted by atomic mass is 10.1. The van der Waals surface area contributed by atoms with Crippen LogP contribution < -0.4 is 20.7 Å². The summed E-state index contributed by atoms with van der Waals surface area (Å²) in [5.41, 5.74) is 1.04. The number of halogens is 1. The molecule has 0 aliphatic heterocycles. The number of carbonyl (C=O) groups is 1. The van der Waals surface area contributed by atoms with Gasteiger partial charge in [0.15, 0.2) is 12.6 Å². The summed E-state index contributed by atoms with van der Waals surface area (Å²) < 4.78 is 5.60. The summed E-state index contributed by atoms with van der Waals surface area (Å²) in [6, 6.07) is 8.43. The summed E-state index contributed by atoms with van der Waals surface area (Å²) >= 11 is 0.